The van der Waals surface area contributed by atoms with Crippen molar-refractivity contribution in [2.75, 3.05) is 0 Å². The van der Waals surface area contributed by atoms with Crippen molar-refractivity contribution in [1.29, 1.82) is 0 Å². The van der Waals surface area contributed by atoms with Crippen molar-refractivity contribution in [2.24, 2.45) is 5.73 Å². The third kappa shape index (κ3) is 3.85. The van der Waals surface area contributed by atoms with E-state index in [-0.39, 0.29) is 0 Å². The zero-order chi connectivity index (χ0) is 7.44. The first-order chi connectivity index (χ1) is 4.04. The molecule has 2 nitrogen and oxygen atoms in total. The van der Waals surface area contributed by atoms with Crippen LogP contribution in [0.2, 0.25) is 0 Å². The molecule has 1 amide bonds. The summed E-state index contributed by atoms with van der Waals surface area (Å²) in [7, 11) is 0. The van der Waals surface area contributed by atoms with Gasteiger partial charge in [0, 0.05) is 0 Å². The minimum atomic E-state index is -0.483. The number of rotatable bonds is 3. The summed E-state index contributed by atoms with van der Waals surface area (Å²) in [5.41, 5.74) is 4.88. The largest absolute Gasteiger partial charge is 0.365 e. The van der Waals surface area contributed by atoms with E-state index in [4.69, 9.17) is 5.73 Å². The molecule has 0 bridgehead atoms. The molecule has 2 N–H and O–H groups in total. The molecular weight excluding hydrogens is 134 g/mol. The zero-order valence-electron chi connectivity index (χ0n) is 5.31. The average Bonchev–Trinajstić information content (AvgIpc) is 1.63. The third-order valence-electron chi connectivity index (χ3n) is 0.572. The van der Waals surface area contributed by atoms with Crippen LogP contribution in [-0.4, -0.2) is 5.91 Å². The fourth-order valence-electron chi connectivity index (χ4n) is 0.261. The lowest BCUT2D eigenvalue weighted by Gasteiger charge is -1.96. The number of thioether (sulfide) groups is 1. The highest BCUT2D eigenvalue weighted by atomic mass is 32.2. The number of nitrogens with two attached hydrogens (primary N) is 1. The molecule has 0 heterocycles. The van der Waals surface area contributed by atoms with Gasteiger partial charge in [0.05, 0.1) is 4.91 Å². The van der Waals surface area contributed by atoms with Gasteiger partial charge in [-0.1, -0.05) is 24.9 Å². The lowest BCUT2D eigenvalue weighted by molar-refractivity contribution is -0.113. The Labute approximate surface area is 58.8 Å². The van der Waals surface area contributed by atoms with Crippen LogP contribution in [-0.2, 0) is 4.79 Å². The molecule has 0 unspecified atom stereocenters. The van der Waals surface area contributed by atoms with Gasteiger partial charge in [0.15, 0.2) is 0 Å². The number of primary amides is 1. The fourth-order valence-corrected chi connectivity index (χ4v) is 0.782. The summed E-state index contributed by atoms with van der Waals surface area (Å²) in [5, 5.41) is 0. The quantitative estimate of drug-likeness (QED) is 0.604. The molecule has 0 fully saturated rings. The zero-order valence-corrected chi connectivity index (χ0v) is 6.12. The Morgan fingerprint density at radius 3 is 2.11 bits per heavy atom. The van der Waals surface area contributed by atoms with E-state index in [1.807, 2.05) is 0 Å². The van der Waals surface area contributed by atoms with Crippen LogP contribution < -0.4 is 5.73 Å². The van der Waals surface area contributed by atoms with E-state index in [9.17, 15) is 4.79 Å². The van der Waals surface area contributed by atoms with Gasteiger partial charge in [-0.2, -0.15) is 0 Å². The number of carbonyl (C=O) groups excluding carboxylic acids is 1. The monoisotopic (exact) mass is 143 g/mol. The molecule has 0 aliphatic carbocycles. The highest BCUT2D eigenvalue weighted by molar-refractivity contribution is 8.07. The summed E-state index contributed by atoms with van der Waals surface area (Å²) in [6.07, 6.45) is 0. The molecule has 0 rings (SSSR count). The molecule has 0 aromatic rings. The van der Waals surface area contributed by atoms with Gasteiger partial charge in [-0.05, 0) is 11.8 Å². The van der Waals surface area contributed by atoms with Gasteiger partial charge in [-0.3, -0.25) is 4.79 Å². The molecular formula is C6H9NOS. The van der Waals surface area contributed by atoms with E-state index in [0.717, 1.165) is 4.91 Å². The first kappa shape index (κ1) is 8.30. The number of hydrogen-bond donors (Lipinski definition) is 1. The van der Waals surface area contributed by atoms with Gasteiger partial charge in [-0.25, -0.2) is 0 Å². The van der Waals surface area contributed by atoms with Crippen LogP contribution >= 0.6 is 11.8 Å². The van der Waals surface area contributed by atoms with Crippen molar-refractivity contribution in [3.63, 3.8) is 0 Å². The van der Waals surface area contributed by atoms with Crippen LogP contribution in [0.15, 0.2) is 23.0 Å². The number of amides is 1. The SMILES string of the molecule is C=C(C)SC(=C)C(N)=O. The van der Waals surface area contributed by atoms with Gasteiger partial charge < -0.3 is 5.73 Å². The van der Waals surface area contributed by atoms with Gasteiger partial charge in [-0.15, -0.1) is 0 Å². The van der Waals surface area contributed by atoms with E-state index in [1.54, 1.807) is 6.92 Å². The van der Waals surface area contributed by atoms with Gasteiger partial charge in [0.1, 0.15) is 0 Å². The molecule has 3 heteroatoms. The molecule has 0 saturated heterocycles. The Balaban J connectivity index is 3.79. The highest BCUT2D eigenvalue weighted by Crippen LogP contribution is 2.20. The Kier molecular flexibility index (Phi) is 3.09. The molecule has 0 aromatic heterocycles. The molecule has 0 spiro atoms. The van der Waals surface area contributed by atoms with Crippen molar-refractivity contribution >= 4 is 17.7 Å². The minimum Gasteiger partial charge on any atom is -0.365 e. The molecule has 0 atom stereocenters. The Hall–Kier alpha value is -0.700. The minimum absolute atomic E-state index is 0.336. The lowest BCUT2D eigenvalue weighted by Crippen LogP contribution is -2.10. The standard InChI is InChI=1S/C6H9NOS/c1-4(2)9-5(3)6(7)8/h1,3H2,2H3,(H2,7,8). The molecule has 0 aliphatic rings. The Morgan fingerprint density at radius 2 is 2.00 bits per heavy atom. The van der Waals surface area contributed by atoms with Crippen LogP contribution in [0.25, 0.3) is 0 Å². The van der Waals surface area contributed by atoms with E-state index >= 15 is 0 Å². The summed E-state index contributed by atoms with van der Waals surface area (Å²) in [6.45, 7) is 8.78. The van der Waals surface area contributed by atoms with E-state index in [1.165, 1.54) is 11.8 Å². The maximum atomic E-state index is 10.3. The van der Waals surface area contributed by atoms with Crippen LogP contribution in [0.3, 0.4) is 0 Å². The number of carbonyl (C=O) groups is 1. The van der Waals surface area contributed by atoms with E-state index in [0.29, 0.717) is 4.91 Å². The Morgan fingerprint density at radius 1 is 1.56 bits per heavy atom. The van der Waals surface area contributed by atoms with Crippen molar-refractivity contribution in [2.45, 2.75) is 6.92 Å². The molecule has 0 saturated carbocycles. The second kappa shape index (κ2) is 3.35. The number of allylic oxidation sites excluding steroid dienone is 1. The smallest absolute Gasteiger partial charge is 0.254 e. The second-order valence-corrected chi connectivity index (χ2v) is 2.99. The summed E-state index contributed by atoms with van der Waals surface area (Å²) in [6, 6.07) is 0. The predicted octanol–water partition coefficient (Wildman–Crippen LogP) is 1.25. The maximum Gasteiger partial charge on any atom is 0.254 e. The van der Waals surface area contributed by atoms with Crippen LogP contribution in [0.4, 0.5) is 0 Å². The fraction of sp³-hybridized carbons (Fsp3) is 0.167. The van der Waals surface area contributed by atoms with Gasteiger partial charge in [0.2, 0.25) is 0 Å². The normalized spacial score (nSPS) is 8.56. The van der Waals surface area contributed by atoms with Crippen LogP contribution in [0, 0.1) is 0 Å². The van der Waals surface area contributed by atoms with Crippen molar-refractivity contribution < 1.29 is 4.79 Å². The van der Waals surface area contributed by atoms with Crippen molar-refractivity contribution in [3.8, 4) is 0 Å². The predicted molar refractivity (Wildman–Crippen MR) is 40.7 cm³/mol. The van der Waals surface area contributed by atoms with E-state index in [2.05, 4.69) is 13.2 Å². The van der Waals surface area contributed by atoms with Gasteiger partial charge in [0.25, 0.3) is 5.91 Å². The molecule has 0 radical (unpaired) electrons. The van der Waals surface area contributed by atoms with Crippen molar-refractivity contribution in [1.82, 2.24) is 0 Å². The summed E-state index contributed by atoms with van der Waals surface area (Å²) >= 11 is 1.20. The summed E-state index contributed by atoms with van der Waals surface area (Å²) in [4.78, 5) is 11.4. The van der Waals surface area contributed by atoms with E-state index < -0.39 is 5.91 Å². The van der Waals surface area contributed by atoms with Crippen LogP contribution in [0.5, 0.6) is 0 Å². The average molecular weight is 143 g/mol. The van der Waals surface area contributed by atoms with Crippen LogP contribution in [0.1, 0.15) is 6.92 Å². The second-order valence-electron chi connectivity index (χ2n) is 1.59. The molecule has 0 aliphatic heterocycles. The first-order valence-electron chi connectivity index (χ1n) is 2.36. The first-order valence-corrected chi connectivity index (χ1v) is 3.17. The highest BCUT2D eigenvalue weighted by Gasteiger charge is 2.00. The molecule has 50 valence electrons. The maximum absolute atomic E-state index is 10.3. The Bertz CT molecular complexity index is 162. The summed E-state index contributed by atoms with van der Waals surface area (Å²) in [5.74, 6) is -0.483. The van der Waals surface area contributed by atoms with Gasteiger partial charge >= 0.3 is 0 Å². The third-order valence-corrected chi connectivity index (χ3v) is 1.37. The topological polar surface area (TPSA) is 43.1 Å². The number of hydrogen-bond acceptors (Lipinski definition) is 2. The van der Waals surface area contributed by atoms with Crippen molar-refractivity contribution in [3.05, 3.63) is 23.0 Å². The molecule has 0 aromatic carbocycles. The summed E-state index contributed by atoms with van der Waals surface area (Å²) < 4.78 is 0. The lowest BCUT2D eigenvalue weighted by atomic mass is 10.6. The molecule has 9 heavy (non-hydrogen) atoms.